The third-order valence-corrected chi connectivity index (χ3v) is 5.35. The highest BCUT2D eigenvalue weighted by Gasteiger charge is 2.29. The van der Waals surface area contributed by atoms with Gasteiger partial charge in [-0.15, -0.1) is 0 Å². The van der Waals surface area contributed by atoms with Gasteiger partial charge in [0.2, 0.25) is 11.8 Å². The van der Waals surface area contributed by atoms with Gasteiger partial charge in [-0.25, -0.2) is 0 Å². The molecular formula is C18H25BrN2O2. The summed E-state index contributed by atoms with van der Waals surface area (Å²) >= 11 is 3.49. The number of nitrogens with zero attached hydrogens (tertiary/aromatic N) is 2. The van der Waals surface area contributed by atoms with Gasteiger partial charge in [-0.3, -0.25) is 9.59 Å². The van der Waals surface area contributed by atoms with Gasteiger partial charge in [-0.05, 0) is 38.3 Å². The minimum absolute atomic E-state index is 0.0717. The van der Waals surface area contributed by atoms with E-state index in [2.05, 4.69) is 15.9 Å². The molecule has 0 unspecified atom stereocenters. The van der Waals surface area contributed by atoms with Crippen LogP contribution in [0, 0.1) is 5.92 Å². The molecule has 4 nitrogen and oxygen atoms in total. The molecule has 1 saturated heterocycles. The van der Waals surface area contributed by atoms with Crippen molar-refractivity contribution in [1.82, 2.24) is 9.80 Å². The summed E-state index contributed by atoms with van der Waals surface area (Å²) in [5.74, 6) is 0.459. The number of carbonyl (C=O) groups is 2. The molecule has 2 rings (SSSR count). The van der Waals surface area contributed by atoms with Gasteiger partial charge in [-0.2, -0.15) is 0 Å². The molecule has 2 amide bonds. The first-order valence-corrected chi connectivity index (χ1v) is 9.16. The molecule has 0 aromatic heterocycles. The number of halogens is 1. The zero-order valence-electron chi connectivity index (χ0n) is 13.9. The first-order chi connectivity index (χ1) is 11.1. The number of benzene rings is 1. The van der Waals surface area contributed by atoms with Crippen molar-refractivity contribution >= 4 is 27.7 Å². The third kappa shape index (κ3) is 4.56. The Morgan fingerprint density at radius 1 is 1.17 bits per heavy atom. The van der Waals surface area contributed by atoms with Crippen molar-refractivity contribution in [2.45, 2.75) is 33.1 Å². The minimum atomic E-state index is 0.0717. The fourth-order valence-corrected chi connectivity index (χ4v) is 3.51. The lowest BCUT2D eigenvalue weighted by atomic mass is 9.94. The molecule has 1 aromatic rings. The summed E-state index contributed by atoms with van der Waals surface area (Å²) in [6.07, 6.45) is 1.96. The van der Waals surface area contributed by atoms with Gasteiger partial charge in [0.1, 0.15) is 0 Å². The van der Waals surface area contributed by atoms with Crippen molar-refractivity contribution in [3.63, 3.8) is 0 Å². The summed E-state index contributed by atoms with van der Waals surface area (Å²) in [7, 11) is 0. The molecule has 0 aliphatic carbocycles. The first-order valence-electron chi connectivity index (χ1n) is 8.36. The van der Waals surface area contributed by atoms with E-state index in [0.29, 0.717) is 19.5 Å². The molecule has 1 heterocycles. The highest BCUT2D eigenvalue weighted by molar-refractivity contribution is 9.10. The van der Waals surface area contributed by atoms with E-state index in [4.69, 9.17) is 0 Å². The number of likely N-dealkylation sites (tertiary alicyclic amines) is 1. The maximum atomic E-state index is 12.5. The topological polar surface area (TPSA) is 40.6 Å². The molecule has 0 saturated carbocycles. The van der Waals surface area contributed by atoms with E-state index < -0.39 is 0 Å². The van der Waals surface area contributed by atoms with E-state index in [1.807, 2.05) is 47.9 Å². The molecule has 5 heteroatoms. The second kappa shape index (κ2) is 8.48. The lowest BCUT2D eigenvalue weighted by Crippen LogP contribution is -2.44. The van der Waals surface area contributed by atoms with E-state index in [9.17, 15) is 9.59 Å². The van der Waals surface area contributed by atoms with Crippen LogP contribution in [0.1, 0.15) is 32.3 Å². The number of carbonyl (C=O) groups excluding carboxylic acids is 2. The lowest BCUT2D eigenvalue weighted by molar-refractivity contribution is -0.140. The molecule has 23 heavy (non-hydrogen) atoms. The maximum absolute atomic E-state index is 12.5. The third-order valence-electron chi connectivity index (χ3n) is 4.57. The van der Waals surface area contributed by atoms with Crippen molar-refractivity contribution < 1.29 is 9.59 Å². The van der Waals surface area contributed by atoms with Crippen molar-refractivity contribution in [1.29, 1.82) is 0 Å². The second-order valence-corrected chi connectivity index (χ2v) is 6.79. The predicted molar refractivity (Wildman–Crippen MR) is 95.1 cm³/mol. The Balaban J connectivity index is 1.88. The van der Waals surface area contributed by atoms with Crippen molar-refractivity contribution in [3.8, 4) is 0 Å². The molecule has 0 bridgehead atoms. The zero-order valence-corrected chi connectivity index (χ0v) is 15.5. The normalized spacial score (nSPS) is 15.5. The molecule has 1 fully saturated rings. The largest absolute Gasteiger partial charge is 0.343 e. The summed E-state index contributed by atoms with van der Waals surface area (Å²) in [4.78, 5) is 28.6. The highest BCUT2D eigenvalue weighted by Crippen LogP contribution is 2.22. The molecule has 0 atom stereocenters. The molecule has 1 aliphatic heterocycles. The Bertz CT molecular complexity index is 550. The van der Waals surface area contributed by atoms with Crippen LogP contribution in [0.15, 0.2) is 28.7 Å². The average Bonchev–Trinajstić information content (AvgIpc) is 2.58. The van der Waals surface area contributed by atoms with Gasteiger partial charge in [0, 0.05) is 36.6 Å². The molecule has 0 N–H and O–H groups in total. The van der Waals surface area contributed by atoms with Crippen LogP contribution in [0.4, 0.5) is 0 Å². The van der Waals surface area contributed by atoms with E-state index >= 15 is 0 Å². The highest BCUT2D eigenvalue weighted by atomic mass is 79.9. The first kappa shape index (κ1) is 18.0. The monoisotopic (exact) mass is 380 g/mol. The summed E-state index contributed by atoms with van der Waals surface area (Å²) < 4.78 is 0.972. The number of hydrogen-bond donors (Lipinski definition) is 0. The lowest BCUT2D eigenvalue weighted by Gasteiger charge is -2.34. The van der Waals surface area contributed by atoms with E-state index in [-0.39, 0.29) is 17.7 Å². The molecular weight excluding hydrogens is 356 g/mol. The van der Waals surface area contributed by atoms with Gasteiger partial charge >= 0.3 is 0 Å². The van der Waals surface area contributed by atoms with E-state index in [1.165, 1.54) is 0 Å². The van der Waals surface area contributed by atoms with Crippen LogP contribution < -0.4 is 0 Å². The van der Waals surface area contributed by atoms with Gasteiger partial charge in [-0.1, -0.05) is 34.1 Å². The van der Waals surface area contributed by atoms with Gasteiger partial charge in [0.05, 0.1) is 6.42 Å². The predicted octanol–water partition coefficient (Wildman–Crippen LogP) is 3.10. The Morgan fingerprint density at radius 3 is 2.35 bits per heavy atom. The van der Waals surface area contributed by atoms with Crippen molar-refractivity contribution in [3.05, 3.63) is 34.3 Å². The number of piperidine rings is 1. The van der Waals surface area contributed by atoms with Gasteiger partial charge < -0.3 is 9.80 Å². The number of hydrogen-bond acceptors (Lipinski definition) is 2. The second-order valence-electron chi connectivity index (χ2n) is 5.93. The SMILES string of the molecule is CCN(CC)C(=O)C1CCN(C(=O)Cc2ccccc2Br)CC1. The summed E-state index contributed by atoms with van der Waals surface area (Å²) in [5, 5.41) is 0. The maximum Gasteiger partial charge on any atom is 0.227 e. The van der Waals surface area contributed by atoms with Crippen LogP contribution >= 0.6 is 15.9 Å². The minimum Gasteiger partial charge on any atom is -0.343 e. The number of amides is 2. The summed E-state index contributed by atoms with van der Waals surface area (Å²) in [5.41, 5.74) is 1.01. The van der Waals surface area contributed by atoms with Crippen LogP contribution in [0.3, 0.4) is 0 Å². The molecule has 1 aromatic carbocycles. The van der Waals surface area contributed by atoms with Gasteiger partial charge in [0.15, 0.2) is 0 Å². The molecule has 0 radical (unpaired) electrons. The van der Waals surface area contributed by atoms with Crippen LogP contribution in [0.2, 0.25) is 0 Å². The fourth-order valence-electron chi connectivity index (χ4n) is 3.09. The molecule has 1 aliphatic rings. The Kier molecular flexibility index (Phi) is 6.63. The average molecular weight is 381 g/mol. The number of rotatable bonds is 5. The standard InChI is InChI=1S/C18H25BrN2O2/c1-3-20(4-2)18(23)14-9-11-21(12-10-14)17(22)13-15-7-5-6-8-16(15)19/h5-8,14H,3-4,9-13H2,1-2H3. The van der Waals surface area contributed by atoms with Crippen molar-refractivity contribution in [2.75, 3.05) is 26.2 Å². The van der Waals surface area contributed by atoms with E-state index in [1.54, 1.807) is 0 Å². The Morgan fingerprint density at radius 2 is 1.78 bits per heavy atom. The van der Waals surface area contributed by atoms with Crippen LogP contribution in [-0.2, 0) is 16.0 Å². The Hall–Kier alpha value is -1.36. The summed E-state index contributed by atoms with van der Waals surface area (Å²) in [6, 6.07) is 7.82. The summed E-state index contributed by atoms with van der Waals surface area (Å²) in [6.45, 7) is 6.91. The smallest absolute Gasteiger partial charge is 0.227 e. The molecule has 0 spiro atoms. The zero-order chi connectivity index (χ0) is 16.8. The fraction of sp³-hybridized carbons (Fsp3) is 0.556. The van der Waals surface area contributed by atoms with Crippen LogP contribution in [0.5, 0.6) is 0 Å². The van der Waals surface area contributed by atoms with Crippen molar-refractivity contribution in [2.24, 2.45) is 5.92 Å². The van der Waals surface area contributed by atoms with Crippen LogP contribution in [0.25, 0.3) is 0 Å². The Labute approximate surface area is 147 Å². The molecule has 126 valence electrons. The quantitative estimate of drug-likeness (QED) is 0.787. The van der Waals surface area contributed by atoms with E-state index in [0.717, 1.165) is 36.0 Å². The van der Waals surface area contributed by atoms with Crippen LogP contribution in [-0.4, -0.2) is 47.8 Å². The van der Waals surface area contributed by atoms with Gasteiger partial charge in [0.25, 0.3) is 0 Å².